The first kappa shape index (κ1) is 17.3. The summed E-state index contributed by atoms with van der Waals surface area (Å²) in [6, 6.07) is 9.03. The molecule has 7 nitrogen and oxygen atoms in total. The van der Waals surface area contributed by atoms with Crippen LogP contribution in [0.15, 0.2) is 41.0 Å². The predicted molar refractivity (Wildman–Crippen MR) is 86.5 cm³/mol. The molecule has 0 fully saturated rings. The Morgan fingerprint density at radius 3 is 2.46 bits per heavy atom. The fourth-order valence-electron chi connectivity index (χ4n) is 1.99. The van der Waals surface area contributed by atoms with Gasteiger partial charge in [0.15, 0.2) is 0 Å². The van der Waals surface area contributed by atoms with E-state index in [-0.39, 0.29) is 13.0 Å². The molecule has 7 heteroatoms. The van der Waals surface area contributed by atoms with Crippen LogP contribution in [0.5, 0.6) is 0 Å². The van der Waals surface area contributed by atoms with Crippen molar-refractivity contribution in [3.8, 4) is 0 Å². The van der Waals surface area contributed by atoms with Crippen molar-refractivity contribution in [3.05, 3.63) is 59.0 Å². The Kier molecular flexibility index (Phi) is 5.73. The zero-order valence-electron chi connectivity index (χ0n) is 13.5. The van der Waals surface area contributed by atoms with Gasteiger partial charge in [-0.25, -0.2) is 0 Å². The molecule has 0 spiro atoms. The molecule has 0 aliphatic rings. The highest BCUT2D eigenvalue weighted by molar-refractivity contribution is 6.35. The minimum Gasteiger partial charge on any atom is -0.467 e. The smallest absolute Gasteiger partial charge is 0.327 e. The highest BCUT2D eigenvalue weighted by atomic mass is 16.3. The Bertz CT molecular complexity index is 738. The van der Waals surface area contributed by atoms with Crippen molar-refractivity contribution in [2.45, 2.75) is 26.8 Å². The van der Waals surface area contributed by atoms with Gasteiger partial charge in [-0.05, 0) is 42.7 Å². The molecule has 0 saturated heterocycles. The summed E-state index contributed by atoms with van der Waals surface area (Å²) in [7, 11) is 0. The lowest BCUT2D eigenvalue weighted by Crippen LogP contribution is -2.48. The lowest BCUT2D eigenvalue weighted by molar-refractivity contribution is -0.141. The molecule has 2 aromatic rings. The summed E-state index contributed by atoms with van der Waals surface area (Å²) in [5.74, 6) is -1.70. The van der Waals surface area contributed by atoms with E-state index in [0.717, 1.165) is 16.7 Å². The molecule has 0 saturated carbocycles. The molecule has 0 radical (unpaired) electrons. The van der Waals surface area contributed by atoms with Crippen molar-refractivity contribution in [2.75, 3.05) is 0 Å². The zero-order chi connectivity index (χ0) is 17.5. The molecule has 1 aromatic carbocycles. The number of aryl methyl sites for hydroxylation is 2. The molecular weight excluding hydrogens is 310 g/mol. The number of rotatable bonds is 4. The number of benzene rings is 1. The number of hydrogen-bond acceptors (Lipinski definition) is 4. The normalized spacial score (nSPS) is 10.1. The van der Waals surface area contributed by atoms with Crippen molar-refractivity contribution >= 4 is 17.7 Å². The van der Waals surface area contributed by atoms with Gasteiger partial charge in [0, 0.05) is 0 Å². The SMILES string of the molecule is Cc1ccc(CC(=O)NNC(=O)C(=O)NCc2ccco2)cc1C. The van der Waals surface area contributed by atoms with Gasteiger partial charge in [0.2, 0.25) is 5.91 Å². The first-order valence-electron chi connectivity index (χ1n) is 7.41. The Balaban J connectivity index is 1.74. The first-order valence-corrected chi connectivity index (χ1v) is 7.41. The third kappa shape index (κ3) is 4.98. The summed E-state index contributed by atoms with van der Waals surface area (Å²) >= 11 is 0. The van der Waals surface area contributed by atoms with E-state index < -0.39 is 17.7 Å². The summed E-state index contributed by atoms with van der Waals surface area (Å²) in [6.45, 7) is 4.04. The van der Waals surface area contributed by atoms with Gasteiger partial charge in [-0.1, -0.05) is 18.2 Å². The average Bonchev–Trinajstić information content (AvgIpc) is 3.07. The van der Waals surface area contributed by atoms with Gasteiger partial charge in [0.05, 0.1) is 19.2 Å². The molecule has 1 aromatic heterocycles. The van der Waals surface area contributed by atoms with Crippen molar-refractivity contribution in [3.63, 3.8) is 0 Å². The van der Waals surface area contributed by atoms with E-state index in [1.165, 1.54) is 6.26 Å². The zero-order valence-corrected chi connectivity index (χ0v) is 13.5. The van der Waals surface area contributed by atoms with Crippen LogP contribution in [-0.4, -0.2) is 17.7 Å². The molecule has 0 aliphatic heterocycles. The van der Waals surface area contributed by atoms with Crippen LogP contribution in [0.2, 0.25) is 0 Å². The summed E-state index contributed by atoms with van der Waals surface area (Å²) in [5.41, 5.74) is 7.34. The van der Waals surface area contributed by atoms with Gasteiger partial charge in [-0.2, -0.15) is 0 Å². The van der Waals surface area contributed by atoms with E-state index in [1.807, 2.05) is 32.0 Å². The number of nitrogens with one attached hydrogen (secondary N) is 3. The maximum Gasteiger partial charge on any atom is 0.327 e. The lowest BCUT2D eigenvalue weighted by Gasteiger charge is -2.08. The predicted octanol–water partition coefficient (Wildman–Crippen LogP) is 0.903. The minimum atomic E-state index is -0.949. The van der Waals surface area contributed by atoms with Crippen LogP contribution in [0.25, 0.3) is 0 Å². The molecule has 3 amide bonds. The molecule has 2 rings (SSSR count). The molecule has 0 aliphatic carbocycles. The standard InChI is InChI=1S/C17H19N3O4/c1-11-5-6-13(8-12(11)2)9-15(21)19-20-17(23)16(22)18-10-14-4-3-7-24-14/h3-8H,9-10H2,1-2H3,(H,18,22)(H,19,21)(H,20,23). The Labute approximate surface area is 139 Å². The number of carbonyl (C=O) groups excluding carboxylic acids is 3. The van der Waals surface area contributed by atoms with E-state index in [2.05, 4.69) is 16.2 Å². The highest BCUT2D eigenvalue weighted by Gasteiger charge is 2.14. The van der Waals surface area contributed by atoms with Gasteiger partial charge in [0.1, 0.15) is 5.76 Å². The molecule has 1 heterocycles. The van der Waals surface area contributed by atoms with Gasteiger partial charge in [0.25, 0.3) is 0 Å². The largest absolute Gasteiger partial charge is 0.467 e. The average molecular weight is 329 g/mol. The van der Waals surface area contributed by atoms with E-state index in [0.29, 0.717) is 5.76 Å². The number of furan rings is 1. The van der Waals surface area contributed by atoms with E-state index in [9.17, 15) is 14.4 Å². The summed E-state index contributed by atoms with van der Waals surface area (Å²) < 4.78 is 5.03. The minimum absolute atomic E-state index is 0.0931. The van der Waals surface area contributed by atoms with Gasteiger partial charge in [-0.3, -0.25) is 25.2 Å². The summed E-state index contributed by atoms with van der Waals surface area (Å²) in [6.07, 6.45) is 1.57. The van der Waals surface area contributed by atoms with E-state index in [1.54, 1.807) is 12.1 Å². The number of carbonyl (C=O) groups is 3. The highest BCUT2D eigenvalue weighted by Crippen LogP contribution is 2.10. The Hall–Kier alpha value is -3.09. The molecule has 0 bridgehead atoms. The van der Waals surface area contributed by atoms with Crippen molar-refractivity contribution in [1.29, 1.82) is 0 Å². The van der Waals surface area contributed by atoms with E-state index >= 15 is 0 Å². The third-order valence-electron chi connectivity index (χ3n) is 3.46. The fraction of sp³-hybridized carbons (Fsp3) is 0.235. The fourth-order valence-corrected chi connectivity index (χ4v) is 1.99. The Morgan fingerprint density at radius 1 is 1.00 bits per heavy atom. The van der Waals surface area contributed by atoms with E-state index in [4.69, 9.17) is 4.42 Å². The monoisotopic (exact) mass is 329 g/mol. The Morgan fingerprint density at radius 2 is 1.79 bits per heavy atom. The molecule has 24 heavy (non-hydrogen) atoms. The van der Waals surface area contributed by atoms with Crippen LogP contribution in [-0.2, 0) is 27.3 Å². The van der Waals surface area contributed by atoms with Crippen LogP contribution >= 0.6 is 0 Å². The van der Waals surface area contributed by atoms with Crippen molar-refractivity contribution in [2.24, 2.45) is 0 Å². The van der Waals surface area contributed by atoms with Crippen molar-refractivity contribution < 1.29 is 18.8 Å². The van der Waals surface area contributed by atoms with Crippen LogP contribution < -0.4 is 16.2 Å². The van der Waals surface area contributed by atoms with Crippen LogP contribution in [0.1, 0.15) is 22.5 Å². The third-order valence-corrected chi connectivity index (χ3v) is 3.46. The second-order valence-corrected chi connectivity index (χ2v) is 5.36. The maximum absolute atomic E-state index is 11.8. The lowest BCUT2D eigenvalue weighted by atomic mass is 10.0. The van der Waals surface area contributed by atoms with Crippen LogP contribution in [0.4, 0.5) is 0 Å². The summed E-state index contributed by atoms with van der Waals surface area (Å²) in [4.78, 5) is 35.0. The second kappa shape index (κ2) is 7.96. The summed E-state index contributed by atoms with van der Waals surface area (Å²) in [5, 5.41) is 2.38. The van der Waals surface area contributed by atoms with Gasteiger partial charge < -0.3 is 9.73 Å². The van der Waals surface area contributed by atoms with Crippen LogP contribution in [0, 0.1) is 13.8 Å². The number of hydrazine groups is 1. The topological polar surface area (TPSA) is 100 Å². The van der Waals surface area contributed by atoms with Gasteiger partial charge in [-0.15, -0.1) is 0 Å². The number of hydrogen-bond donors (Lipinski definition) is 3. The number of amides is 3. The van der Waals surface area contributed by atoms with Gasteiger partial charge >= 0.3 is 11.8 Å². The first-order chi connectivity index (χ1) is 11.5. The van der Waals surface area contributed by atoms with Crippen LogP contribution in [0.3, 0.4) is 0 Å². The molecule has 0 atom stereocenters. The van der Waals surface area contributed by atoms with Crippen molar-refractivity contribution in [1.82, 2.24) is 16.2 Å². The quantitative estimate of drug-likeness (QED) is 0.573. The maximum atomic E-state index is 11.8. The molecule has 126 valence electrons. The molecular formula is C17H19N3O4. The molecule has 0 unspecified atom stereocenters. The second-order valence-electron chi connectivity index (χ2n) is 5.36. The molecule has 3 N–H and O–H groups in total.